The zero-order valence-electron chi connectivity index (χ0n) is 12.8. The molecule has 3 atom stereocenters. The molecule has 1 aromatic rings. The maximum Gasteiger partial charge on any atom is 0.0595 e. The summed E-state index contributed by atoms with van der Waals surface area (Å²) in [4.78, 5) is 0. The van der Waals surface area contributed by atoms with Gasteiger partial charge < -0.3 is 5.32 Å². The van der Waals surface area contributed by atoms with E-state index in [0.29, 0.717) is 33.5 Å². The van der Waals surface area contributed by atoms with Crippen LogP contribution in [-0.2, 0) is 0 Å². The molecule has 0 aliphatic heterocycles. The Morgan fingerprint density at radius 1 is 1.25 bits per heavy atom. The molecule has 0 amide bonds. The topological polar surface area (TPSA) is 12.0 Å². The summed E-state index contributed by atoms with van der Waals surface area (Å²) >= 11 is 12.1. The molecule has 0 aromatic heterocycles. The standard InChI is InChI=1S/C17H25Cl2N/c1-11-10-17(3,4)8-7-16(11)20-12(2)13-5-6-14(18)15(19)9-13/h5-6,9,11-12,16,20H,7-8,10H2,1-4H3. The van der Waals surface area contributed by atoms with Crippen LogP contribution in [0.15, 0.2) is 18.2 Å². The van der Waals surface area contributed by atoms with Gasteiger partial charge in [0, 0.05) is 12.1 Å². The van der Waals surface area contributed by atoms with E-state index in [9.17, 15) is 0 Å². The van der Waals surface area contributed by atoms with E-state index in [2.05, 4.69) is 39.1 Å². The van der Waals surface area contributed by atoms with Gasteiger partial charge in [0.1, 0.15) is 0 Å². The molecule has 0 spiro atoms. The number of halogens is 2. The minimum atomic E-state index is 0.304. The number of hydrogen-bond donors (Lipinski definition) is 1. The lowest BCUT2D eigenvalue weighted by Gasteiger charge is -2.40. The first-order chi connectivity index (χ1) is 9.28. The van der Waals surface area contributed by atoms with Crippen LogP contribution >= 0.6 is 23.2 Å². The van der Waals surface area contributed by atoms with Crippen LogP contribution in [0.1, 0.15) is 58.6 Å². The first-order valence-electron chi connectivity index (χ1n) is 7.49. The van der Waals surface area contributed by atoms with Crippen LogP contribution in [0.5, 0.6) is 0 Å². The van der Waals surface area contributed by atoms with Crippen molar-refractivity contribution in [1.82, 2.24) is 5.32 Å². The van der Waals surface area contributed by atoms with Gasteiger partial charge in [0.25, 0.3) is 0 Å². The zero-order chi connectivity index (χ0) is 14.9. The van der Waals surface area contributed by atoms with E-state index in [1.54, 1.807) is 0 Å². The fourth-order valence-electron chi connectivity index (χ4n) is 3.39. The van der Waals surface area contributed by atoms with Crippen LogP contribution in [0.4, 0.5) is 0 Å². The largest absolute Gasteiger partial charge is 0.307 e. The molecule has 1 N–H and O–H groups in total. The average Bonchev–Trinajstić information content (AvgIpc) is 2.35. The Morgan fingerprint density at radius 3 is 2.55 bits per heavy atom. The Morgan fingerprint density at radius 2 is 1.95 bits per heavy atom. The van der Waals surface area contributed by atoms with E-state index in [-0.39, 0.29) is 0 Å². The monoisotopic (exact) mass is 313 g/mol. The molecular formula is C17H25Cl2N. The van der Waals surface area contributed by atoms with Crippen LogP contribution < -0.4 is 5.32 Å². The van der Waals surface area contributed by atoms with Gasteiger partial charge in [-0.15, -0.1) is 0 Å². The summed E-state index contributed by atoms with van der Waals surface area (Å²) in [6.45, 7) is 9.32. The molecule has 3 heteroatoms. The van der Waals surface area contributed by atoms with Crippen molar-refractivity contribution in [1.29, 1.82) is 0 Å². The molecule has 112 valence electrons. The third-order valence-corrected chi connectivity index (χ3v) is 5.34. The van der Waals surface area contributed by atoms with E-state index < -0.39 is 0 Å². The summed E-state index contributed by atoms with van der Waals surface area (Å²) in [5, 5.41) is 5.02. The third-order valence-electron chi connectivity index (χ3n) is 4.60. The molecule has 1 aliphatic carbocycles. The lowest BCUT2D eigenvalue weighted by atomic mass is 9.70. The van der Waals surface area contributed by atoms with Gasteiger partial charge in [0.2, 0.25) is 0 Å². The van der Waals surface area contributed by atoms with Crippen molar-refractivity contribution >= 4 is 23.2 Å². The van der Waals surface area contributed by atoms with Crippen molar-refractivity contribution < 1.29 is 0 Å². The smallest absolute Gasteiger partial charge is 0.0595 e. The number of rotatable bonds is 3. The van der Waals surface area contributed by atoms with Crippen molar-refractivity contribution in [3.63, 3.8) is 0 Å². The summed E-state index contributed by atoms with van der Waals surface area (Å²) in [5.41, 5.74) is 1.70. The molecule has 1 saturated carbocycles. The summed E-state index contributed by atoms with van der Waals surface area (Å²) in [5.74, 6) is 0.712. The highest BCUT2D eigenvalue weighted by Gasteiger charge is 2.32. The fourth-order valence-corrected chi connectivity index (χ4v) is 3.70. The van der Waals surface area contributed by atoms with Crippen LogP contribution in [0.25, 0.3) is 0 Å². The molecule has 2 rings (SSSR count). The van der Waals surface area contributed by atoms with E-state index in [1.807, 2.05) is 12.1 Å². The van der Waals surface area contributed by atoms with Crippen LogP contribution in [-0.4, -0.2) is 6.04 Å². The van der Waals surface area contributed by atoms with Crippen molar-refractivity contribution in [2.24, 2.45) is 11.3 Å². The summed E-state index contributed by atoms with van der Waals surface area (Å²) < 4.78 is 0. The van der Waals surface area contributed by atoms with Crippen molar-refractivity contribution in [2.75, 3.05) is 0 Å². The zero-order valence-corrected chi connectivity index (χ0v) is 14.4. The molecular weight excluding hydrogens is 289 g/mol. The van der Waals surface area contributed by atoms with Crippen LogP contribution in [0.3, 0.4) is 0 Å². The van der Waals surface area contributed by atoms with Crippen molar-refractivity contribution in [2.45, 2.75) is 59.0 Å². The first-order valence-corrected chi connectivity index (χ1v) is 8.25. The molecule has 1 fully saturated rings. The van der Waals surface area contributed by atoms with Gasteiger partial charge >= 0.3 is 0 Å². The molecule has 0 saturated heterocycles. The van der Waals surface area contributed by atoms with Crippen molar-refractivity contribution in [3.8, 4) is 0 Å². The molecule has 3 unspecified atom stereocenters. The second-order valence-corrected chi connectivity index (χ2v) is 7.87. The lowest BCUT2D eigenvalue weighted by Crippen LogP contribution is -2.42. The molecule has 0 radical (unpaired) electrons. The van der Waals surface area contributed by atoms with Gasteiger partial charge in [-0.25, -0.2) is 0 Å². The predicted molar refractivity (Wildman–Crippen MR) is 88.6 cm³/mol. The Kier molecular flexibility index (Phi) is 5.05. The van der Waals surface area contributed by atoms with Gasteiger partial charge in [-0.1, -0.05) is 50.0 Å². The highest BCUT2D eigenvalue weighted by Crippen LogP contribution is 2.39. The van der Waals surface area contributed by atoms with Gasteiger partial charge in [-0.05, 0) is 55.2 Å². The predicted octanol–water partition coefficient (Wildman–Crippen LogP) is 5.86. The molecule has 0 heterocycles. The molecule has 1 aromatic carbocycles. The summed E-state index contributed by atoms with van der Waals surface area (Å²) in [7, 11) is 0. The highest BCUT2D eigenvalue weighted by atomic mass is 35.5. The minimum Gasteiger partial charge on any atom is -0.307 e. The van der Waals surface area contributed by atoms with Gasteiger partial charge in [-0.2, -0.15) is 0 Å². The summed E-state index contributed by atoms with van der Waals surface area (Å²) in [6.07, 6.45) is 3.84. The molecule has 1 nitrogen and oxygen atoms in total. The molecule has 0 bridgehead atoms. The highest BCUT2D eigenvalue weighted by molar-refractivity contribution is 6.42. The lowest BCUT2D eigenvalue weighted by molar-refractivity contribution is 0.143. The summed E-state index contributed by atoms with van der Waals surface area (Å²) in [6, 6.07) is 6.80. The fraction of sp³-hybridized carbons (Fsp3) is 0.647. The normalized spacial score (nSPS) is 27.3. The quantitative estimate of drug-likeness (QED) is 0.737. The SMILES string of the molecule is CC(NC1CCC(C)(C)CC1C)c1ccc(Cl)c(Cl)c1. The van der Waals surface area contributed by atoms with E-state index in [4.69, 9.17) is 23.2 Å². The van der Waals surface area contributed by atoms with Gasteiger partial charge in [-0.3, -0.25) is 0 Å². The minimum absolute atomic E-state index is 0.304. The van der Waals surface area contributed by atoms with Gasteiger partial charge in [0.05, 0.1) is 10.0 Å². The Hall–Kier alpha value is -0.240. The first kappa shape index (κ1) is 16.1. The maximum absolute atomic E-state index is 6.11. The number of benzene rings is 1. The Bertz CT molecular complexity index is 470. The second kappa shape index (κ2) is 6.25. The Labute approximate surface area is 133 Å². The number of nitrogens with one attached hydrogen (secondary N) is 1. The third kappa shape index (κ3) is 3.90. The molecule has 1 aliphatic rings. The second-order valence-electron chi connectivity index (χ2n) is 7.05. The van der Waals surface area contributed by atoms with Crippen molar-refractivity contribution in [3.05, 3.63) is 33.8 Å². The van der Waals surface area contributed by atoms with E-state index in [0.717, 1.165) is 0 Å². The van der Waals surface area contributed by atoms with Crippen LogP contribution in [0, 0.1) is 11.3 Å². The average molecular weight is 314 g/mol. The van der Waals surface area contributed by atoms with E-state index in [1.165, 1.54) is 24.8 Å². The Balaban J connectivity index is 2.01. The van der Waals surface area contributed by atoms with E-state index >= 15 is 0 Å². The maximum atomic E-state index is 6.11. The van der Waals surface area contributed by atoms with Crippen LogP contribution in [0.2, 0.25) is 10.0 Å². The number of hydrogen-bond acceptors (Lipinski definition) is 1. The van der Waals surface area contributed by atoms with Gasteiger partial charge in [0.15, 0.2) is 0 Å². The molecule has 20 heavy (non-hydrogen) atoms.